The molecule has 2 N–H and O–H groups in total. The molecule has 1 heterocycles. The lowest BCUT2D eigenvalue weighted by molar-refractivity contribution is 0.590. The number of anilines is 1. The number of benzene rings is 1. The number of sulfone groups is 1. The van der Waals surface area contributed by atoms with Crippen LogP contribution in [-0.2, 0) is 22.6 Å². The fourth-order valence-corrected chi connectivity index (χ4v) is 2.99. The van der Waals surface area contributed by atoms with Crippen molar-refractivity contribution in [2.24, 2.45) is 7.05 Å². The maximum Gasteiger partial charge on any atom is 0.185 e. The maximum atomic E-state index is 12.1. The summed E-state index contributed by atoms with van der Waals surface area (Å²) in [5.41, 5.74) is 5.88. The fourth-order valence-electron chi connectivity index (χ4n) is 1.41. The van der Waals surface area contributed by atoms with Gasteiger partial charge in [0.2, 0.25) is 0 Å². The van der Waals surface area contributed by atoms with Crippen LogP contribution in [0.1, 0.15) is 5.82 Å². The van der Waals surface area contributed by atoms with Gasteiger partial charge in [0.05, 0.1) is 15.6 Å². The molecular formula is C10H11ClN4O2S. The topological polar surface area (TPSA) is 90.9 Å². The Hall–Kier alpha value is -1.60. The van der Waals surface area contributed by atoms with Crippen molar-refractivity contribution < 1.29 is 8.42 Å². The third kappa shape index (κ3) is 2.46. The average molecular weight is 287 g/mol. The Morgan fingerprint density at radius 2 is 2.17 bits per heavy atom. The van der Waals surface area contributed by atoms with E-state index in [1.165, 1.54) is 29.2 Å². The molecule has 18 heavy (non-hydrogen) atoms. The molecule has 0 unspecified atom stereocenters. The van der Waals surface area contributed by atoms with Crippen LogP contribution in [0.3, 0.4) is 0 Å². The number of aryl methyl sites for hydroxylation is 1. The Kier molecular flexibility index (Phi) is 3.27. The number of nitrogen functional groups attached to an aromatic ring is 1. The zero-order valence-corrected chi connectivity index (χ0v) is 11.1. The summed E-state index contributed by atoms with van der Waals surface area (Å²) >= 11 is 5.81. The first-order valence-electron chi connectivity index (χ1n) is 5.01. The monoisotopic (exact) mass is 286 g/mol. The Labute approximate surface area is 109 Å². The smallest absolute Gasteiger partial charge is 0.185 e. The number of hydrogen-bond acceptors (Lipinski definition) is 5. The van der Waals surface area contributed by atoms with Gasteiger partial charge in [0.1, 0.15) is 17.9 Å². The van der Waals surface area contributed by atoms with Crippen LogP contribution in [0.4, 0.5) is 5.69 Å². The summed E-state index contributed by atoms with van der Waals surface area (Å²) in [4.78, 5) is 4.00. The summed E-state index contributed by atoms with van der Waals surface area (Å²) < 4.78 is 25.7. The SMILES string of the molecule is Cn1ncnc1CS(=O)(=O)c1ccc(N)c(Cl)c1. The summed E-state index contributed by atoms with van der Waals surface area (Å²) in [7, 11) is -1.88. The molecule has 0 aliphatic carbocycles. The second-order valence-corrected chi connectivity index (χ2v) is 6.14. The molecule has 0 atom stereocenters. The quantitative estimate of drug-likeness (QED) is 0.851. The molecule has 2 rings (SSSR count). The van der Waals surface area contributed by atoms with Crippen molar-refractivity contribution in [3.63, 3.8) is 0 Å². The molecule has 2 aromatic rings. The van der Waals surface area contributed by atoms with E-state index < -0.39 is 9.84 Å². The van der Waals surface area contributed by atoms with Gasteiger partial charge in [-0.3, -0.25) is 4.68 Å². The molecule has 0 fully saturated rings. The van der Waals surface area contributed by atoms with Gasteiger partial charge in [-0.05, 0) is 18.2 Å². The molecule has 6 nitrogen and oxygen atoms in total. The van der Waals surface area contributed by atoms with Crippen molar-refractivity contribution in [1.82, 2.24) is 14.8 Å². The van der Waals surface area contributed by atoms with E-state index in [1.807, 2.05) is 0 Å². The third-order valence-corrected chi connectivity index (χ3v) is 4.39. The van der Waals surface area contributed by atoms with E-state index in [4.69, 9.17) is 17.3 Å². The lowest BCUT2D eigenvalue weighted by atomic mass is 10.3. The van der Waals surface area contributed by atoms with Crippen molar-refractivity contribution in [1.29, 1.82) is 0 Å². The highest BCUT2D eigenvalue weighted by molar-refractivity contribution is 7.90. The van der Waals surface area contributed by atoms with Crippen molar-refractivity contribution in [2.75, 3.05) is 5.73 Å². The van der Waals surface area contributed by atoms with Crippen LogP contribution in [0, 0.1) is 0 Å². The summed E-state index contributed by atoms with van der Waals surface area (Å²) in [6.45, 7) is 0. The molecule has 0 aliphatic heterocycles. The van der Waals surface area contributed by atoms with Crippen LogP contribution in [0.2, 0.25) is 5.02 Å². The van der Waals surface area contributed by atoms with Gasteiger partial charge in [0, 0.05) is 7.05 Å². The molecule has 0 radical (unpaired) electrons. The molecule has 0 aliphatic rings. The minimum absolute atomic E-state index is 0.115. The molecule has 0 saturated heterocycles. The van der Waals surface area contributed by atoms with Crippen molar-refractivity contribution in [3.8, 4) is 0 Å². The largest absolute Gasteiger partial charge is 0.398 e. The number of rotatable bonds is 3. The zero-order valence-electron chi connectivity index (χ0n) is 9.54. The van der Waals surface area contributed by atoms with Crippen LogP contribution in [0.25, 0.3) is 0 Å². The number of hydrogen-bond donors (Lipinski definition) is 1. The highest BCUT2D eigenvalue weighted by Crippen LogP contribution is 2.24. The van der Waals surface area contributed by atoms with E-state index >= 15 is 0 Å². The maximum absolute atomic E-state index is 12.1. The molecule has 0 spiro atoms. The third-order valence-electron chi connectivity index (χ3n) is 2.46. The number of halogens is 1. The summed E-state index contributed by atoms with van der Waals surface area (Å²) in [5.74, 6) is 0.131. The first-order valence-corrected chi connectivity index (χ1v) is 7.04. The molecule has 0 bridgehead atoms. The van der Waals surface area contributed by atoms with E-state index in [1.54, 1.807) is 7.05 Å². The predicted octanol–water partition coefficient (Wildman–Crippen LogP) is 1.02. The van der Waals surface area contributed by atoms with Crippen LogP contribution in [-0.4, -0.2) is 23.2 Å². The molecule has 8 heteroatoms. The Balaban J connectivity index is 2.37. The standard InChI is InChI=1S/C10H11ClN4O2S/c1-15-10(13-6-14-15)5-18(16,17)7-2-3-9(12)8(11)4-7/h2-4,6H,5,12H2,1H3. The average Bonchev–Trinajstić information content (AvgIpc) is 2.67. The summed E-state index contributed by atoms with van der Waals surface area (Å²) in [6, 6.07) is 4.22. The fraction of sp³-hybridized carbons (Fsp3) is 0.200. The molecule has 96 valence electrons. The van der Waals surface area contributed by atoms with E-state index in [-0.39, 0.29) is 15.7 Å². The lowest BCUT2D eigenvalue weighted by Crippen LogP contribution is -2.10. The van der Waals surface area contributed by atoms with Crippen molar-refractivity contribution in [2.45, 2.75) is 10.6 Å². The number of aromatic nitrogens is 3. The van der Waals surface area contributed by atoms with Gasteiger partial charge in [-0.1, -0.05) is 11.6 Å². The van der Waals surface area contributed by atoms with Gasteiger partial charge >= 0.3 is 0 Å². The van der Waals surface area contributed by atoms with Gasteiger partial charge in [-0.25, -0.2) is 13.4 Å². The minimum atomic E-state index is -3.51. The normalized spacial score (nSPS) is 11.7. The van der Waals surface area contributed by atoms with Gasteiger partial charge in [0.25, 0.3) is 0 Å². The minimum Gasteiger partial charge on any atom is -0.398 e. The second-order valence-electron chi connectivity index (χ2n) is 3.74. The first-order chi connectivity index (χ1) is 8.40. The first kappa shape index (κ1) is 12.8. The Morgan fingerprint density at radius 1 is 1.44 bits per heavy atom. The van der Waals surface area contributed by atoms with Crippen molar-refractivity contribution >= 4 is 27.1 Å². The Bertz CT molecular complexity index is 681. The van der Waals surface area contributed by atoms with Crippen LogP contribution in [0.5, 0.6) is 0 Å². The molecule has 1 aromatic carbocycles. The molecule has 0 amide bonds. The molecule has 1 aromatic heterocycles. The van der Waals surface area contributed by atoms with E-state index in [9.17, 15) is 8.42 Å². The van der Waals surface area contributed by atoms with Gasteiger partial charge in [-0.2, -0.15) is 5.10 Å². The second kappa shape index (κ2) is 4.58. The number of nitrogens with two attached hydrogens (primary N) is 1. The molecule has 0 saturated carbocycles. The lowest BCUT2D eigenvalue weighted by Gasteiger charge is -2.05. The number of nitrogens with zero attached hydrogens (tertiary/aromatic N) is 3. The van der Waals surface area contributed by atoms with Crippen LogP contribution in [0.15, 0.2) is 29.4 Å². The summed E-state index contributed by atoms with van der Waals surface area (Å²) in [6.07, 6.45) is 1.31. The van der Waals surface area contributed by atoms with E-state index in [0.29, 0.717) is 11.5 Å². The zero-order chi connectivity index (χ0) is 13.3. The summed E-state index contributed by atoms with van der Waals surface area (Å²) in [5, 5.41) is 4.04. The highest BCUT2D eigenvalue weighted by Gasteiger charge is 2.19. The van der Waals surface area contributed by atoms with Crippen molar-refractivity contribution in [3.05, 3.63) is 35.4 Å². The molecular weight excluding hydrogens is 276 g/mol. The van der Waals surface area contributed by atoms with E-state index in [0.717, 1.165) is 0 Å². The van der Waals surface area contributed by atoms with E-state index in [2.05, 4.69) is 10.1 Å². The van der Waals surface area contributed by atoms with Gasteiger partial charge < -0.3 is 5.73 Å². The van der Waals surface area contributed by atoms with Crippen LogP contribution >= 0.6 is 11.6 Å². The Morgan fingerprint density at radius 3 is 2.72 bits per heavy atom. The van der Waals surface area contributed by atoms with Gasteiger partial charge in [0.15, 0.2) is 9.84 Å². The van der Waals surface area contributed by atoms with Crippen LogP contribution < -0.4 is 5.73 Å². The predicted molar refractivity (Wildman–Crippen MR) is 67.8 cm³/mol. The highest BCUT2D eigenvalue weighted by atomic mass is 35.5. The van der Waals surface area contributed by atoms with Gasteiger partial charge in [-0.15, -0.1) is 0 Å².